The maximum atomic E-state index is 9.51. The Kier molecular flexibility index (Phi) is 5.14. The first-order valence-corrected chi connectivity index (χ1v) is 9.48. The van der Waals surface area contributed by atoms with E-state index in [0.717, 1.165) is 5.56 Å². The molecule has 1 unspecified atom stereocenters. The van der Waals surface area contributed by atoms with Crippen LogP contribution in [0, 0.1) is 0 Å². The molecule has 102 valence electrons. The molecule has 0 aliphatic rings. The summed E-state index contributed by atoms with van der Waals surface area (Å²) in [6.07, 6.45) is 0. The van der Waals surface area contributed by atoms with Gasteiger partial charge in [0.05, 0.1) is 6.61 Å². The van der Waals surface area contributed by atoms with Gasteiger partial charge in [0.2, 0.25) is 0 Å². The van der Waals surface area contributed by atoms with Crippen LogP contribution in [0.1, 0.15) is 32.3 Å². The third-order valence-electron chi connectivity index (χ3n) is 3.94. The second kappa shape index (κ2) is 6.00. The third-order valence-corrected chi connectivity index (χ3v) is 8.44. The van der Waals surface area contributed by atoms with E-state index in [1.54, 1.807) is 0 Å². The molecule has 0 aliphatic carbocycles. The lowest BCUT2D eigenvalue weighted by atomic mass is 10.0. The van der Waals surface area contributed by atoms with Crippen LogP contribution in [-0.4, -0.2) is 26.6 Å². The molecule has 3 heteroatoms. The Labute approximate surface area is 112 Å². The summed E-state index contributed by atoms with van der Waals surface area (Å²) in [6.45, 7) is 11.9. The van der Waals surface area contributed by atoms with Crippen LogP contribution in [0.25, 0.3) is 0 Å². The summed E-state index contributed by atoms with van der Waals surface area (Å²) in [5.41, 5.74) is 1.15. The first-order chi connectivity index (χ1) is 8.28. The van der Waals surface area contributed by atoms with E-state index in [-0.39, 0.29) is 17.6 Å². The highest BCUT2D eigenvalue weighted by molar-refractivity contribution is 6.74. The van der Waals surface area contributed by atoms with Gasteiger partial charge in [-0.2, -0.15) is 0 Å². The first kappa shape index (κ1) is 15.4. The van der Waals surface area contributed by atoms with E-state index in [4.69, 9.17) is 4.43 Å². The van der Waals surface area contributed by atoms with E-state index in [9.17, 15) is 5.11 Å². The minimum Gasteiger partial charge on any atom is -0.416 e. The van der Waals surface area contributed by atoms with Gasteiger partial charge < -0.3 is 9.53 Å². The average Bonchev–Trinajstić information content (AvgIpc) is 2.29. The average molecular weight is 266 g/mol. The molecule has 18 heavy (non-hydrogen) atoms. The molecule has 1 atom stereocenters. The maximum Gasteiger partial charge on any atom is 0.192 e. The summed E-state index contributed by atoms with van der Waals surface area (Å²) in [7, 11) is -1.73. The number of rotatable bonds is 5. The molecule has 0 spiro atoms. The lowest BCUT2D eigenvalue weighted by Gasteiger charge is -2.37. The minimum absolute atomic E-state index is 0.0836. The van der Waals surface area contributed by atoms with Gasteiger partial charge in [-0.25, -0.2) is 0 Å². The molecule has 0 heterocycles. The molecule has 0 aromatic heterocycles. The first-order valence-electron chi connectivity index (χ1n) is 6.57. The summed E-state index contributed by atoms with van der Waals surface area (Å²) < 4.78 is 6.18. The van der Waals surface area contributed by atoms with Gasteiger partial charge in [0.25, 0.3) is 0 Å². The summed E-state index contributed by atoms with van der Waals surface area (Å²) in [4.78, 5) is 0. The SMILES string of the molecule is CC(C)(C)[Si](C)(C)OCC(CO)c1ccccc1. The Morgan fingerprint density at radius 1 is 1.17 bits per heavy atom. The molecule has 0 bridgehead atoms. The van der Waals surface area contributed by atoms with Gasteiger partial charge in [-0.1, -0.05) is 51.1 Å². The molecule has 2 nitrogen and oxygen atoms in total. The van der Waals surface area contributed by atoms with Crippen LogP contribution in [0.4, 0.5) is 0 Å². The van der Waals surface area contributed by atoms with Gasteiger partial charge in [0, 0.05) is 12.5 Å². The topological polar surface area (TPSA) is 29.5 Å². The molecule has 0 saturated heterocycles. The summed E-state index contributed by atoms with van der Waals surface area (Å²) in [5.74, 6) is 0.0836. The normalized spacial score (nSPS) is 14.6. The highest BCUT2D eigenvalue weighted by Gasteiger charge is 2.37. The van der Waals surface area contributed by atoms with Crippen molar-refractivity contribution < 1.29 is 9.53 Å². The fourth-order valence-electron chi connectivity index (χ4n) is 1.50. The van der Waals surface area contributed by atoms with E-state index in [1.807, 2.05) is 18.2 Å². The predicted molar refractivity (Wildman–Crippen MR) is 79.4 cm³/mol. The summed E-state index contributed by atoms with van der Waals surface area (Å²) in [5, 5.41) is 9.73. The van der Waals surface area contributed by atoms with Gasteiger partial charge in [-0.05, 0) is 23.7 Å². The zero-order valence-corrected chi connectivity index (χ0v) is 13.2. The van der Waals surface area contributed by atoms with Crippen molar-refractivity contribution in [3.8, 4) is 0 Å². The number of benzene rings is 1. The molecule has 1 aromatic carbocycles. The number of aliphatic hydroxyl groups excluding tert-OH is 1. The Balaban J connectivity index is 2.67. The molecule has 0 fully saturated rings. The molecule has 0 radical (unpaired) electrons. The molecule has 0 saturated carbocycles. The summed E-state index contributed by atoms with van der Waals surface area (Å²) in [6, 6.07) is 10.1. The standard InChI is InChI=1S/C15H26O2Si/c1-15(2,3)18(4,5)17-12-14(11-16)13-9-7-6-8-10-13/h6-10,14,16H,11-12H2,1-5H3. The van der Waals surface area contributed by atoms with Crippen LogP contribution < -0.4 is 0 Å². The van der Waals surface area contributed by atoms with Crippen molar-refractivity contribution in [2.24, 2.45) is 0 Å². The molecule has 1 aromatic rings. The highest BCUT2D eigenvalue weighted by atomic mass is 28.4. The number of hydrogen-bond donors (Lipinski definition) is 1. The van der Waals surface area contributed by atoms with Gasteiger partial charge in [0.15, 0.2) is 8.32 Å². The van der Waals surface area contributed by atoms with E-state index in [2.05, 4.69) is 46.0 Å². The van der Waals surface area contributed by atoms with E-state index in [0.29, 0.717) is 6.61 Å². The van der Waals surface area contributed by atoms with Crippen molar-refractivity contribution in [2.45, 2.75) is 44.8 Å². The van der Waals surface area contributed by atoms with Crippen LogP contribution in [0.3, 0.4) is 0 Å². The van der Waals surface area contributed by atoms with Crippen molar-refractivity contribution in [1.29, 1.82) is 0 Å². The monoisotopic (exact) mass is 266 g/mol. The van der Waals surface area contributed by atoms with Crippen molar-refractivity contribution in [3.05, 3.63) is 35.9 Å². The predicted octanol–water partition coefficient (Wildman–Crippen LogP) is 3.78. The number of aliphatic hydroxyl groups is 1. The van der Waals surface area contributed by atoms with Crippen molar-refractivity contribution in [3.63, 3.8) is 0 Å². The Bertz CT molecular complexity index is 355. The molecule has 1 rings (SSSR count). The summed E-state index contributed by atoms with van der Waals surface area (Å²) >= 11 is 0. The lowest BCUT2D eigenvalue weighted by Crippen LogP contribution is -2.42. The molecular weight excluding hydrogens is 240 g/mol. The Hall–Kier alpha value is -0.643. The van der Waals surface area contributed by atoms with E-state index >= 15 is 0 Å². The minimum atomic E-state index is -1.73. The second-order valence-corrected chi connectivity index (χ2v) is 11.2. The lowest BCUT2D eigenvalue weighted by molar-refractivity contribution is 0.194. The largest absolute Gasteiger partial charge is 0.416 e. The van der Waals surface area contributed by atoms with Crippen LogP contribution >= 0.6 is 0 Å². The zero-order chi connectivity index (χ0) is 13.8. The Morgan fingerprint density at radius 2 is 1.72 bits per heavy atom. The highest BCUT2D eigenvalue weighted by Crippen LogP contribution is 2.37. The smallest absolute Gasteiger partial charge is 0.192 e. The van der Waals surface area contributed by atoms with Gasteiger partial charge in [0.1, 0.15) is 0 Å². The second-order valence-electron chi connectivity index (χ2n) is 6.36. The Morgan fingerprint density at radius 3 is 2.17 bits per heavy atom. The fraction of sp³-hybridized carbons (Fsp3) is 0.600. The van der Waals surface area contributed by atoms with Crippen LogP contribution in [-0.2, 0) is 4.43 Å². The molecule has 0 amide bonds. The molecule has 0 aliphatic heterocycles. The van der Waals surface area contributed by atoms with Crippen molar-refractivity contribution >= 4 is 8.32 Å². The van der Waals surface area contributed by atoms with Crippen LogP contribution in [0.2, 0.25) is 18.1 Å². The van der Waals surface area contributed by atoms with E-state index in [1.165, 1.54) is 0 Å². The van der Waals surface area contributed by atoms with Gasteiger partial charge in [-0.15, -0.1) is 0 Å². The fourth-order valence-corrected chi connectivity index (χ4v) is 2.56. The van der Waals surface area contributed by atoms with Gasteiger partial charge >= 0.3 is 0 Å². The third kappa shape index (κ3) is 3.94. The van der Waals surface area contributed by atoms with Gasteiger partial charge in [-0.3, -0.25) is 0 Å². The van der Waals surface area contributed by atoms with Crippen LogP contribution in [0.15, 0.2) is 30.3 Å². The quantitative estimate of drug-likeness (QED) is 0.822. The van der Waals surface area contributed by atoms with E-state index < -0.39 is 8.32 Å². The van der Waals surface area contributed by atoms with Crippen LogP contribution in [0.5, 0.6) is 0 Å². The van der Waals surface area contributed by atoms with Crippen molar-refractivity contribution in [1.82, 2.24) is 0 Å². The van der Waals surface area contributed by atoms with Crippen molar-refractivity contribution in [2.75, 3.05) is 13.2 Å². The molecule has 1 N–H and O–H groups in total. The maximum absolute atomic E-state index is 9.51. The number of hydrogen-bond acceptors (Lipinski definition) is 2. The zero-order valence-electron chi connectivity index (χ0n) is 12.2. The molecular formula is C15H26O2Si.